The fourth-order valence-corrected chi connectivity index (χ4v) is 2.54. The molecule has 1 saturated heterocycles. The van der Waals surface area contributed by atoms with Crippen molar-refractivity contribution in [2.24, 2.45) is 0 Å². The summed E-state index contributed by atoms with van der Waals surface area (Å²) in [5.74, 6) is 0.918. The Balaban J connectivity index is 0.00000200. The maximum atomic E-state index is 6.16. The Labute approximate surface area is 145 Å². The van der Waals surface area contributed by atoms with Crippen LogP contribution in [-0.4, -0.2) is 43.7 Å². The van der Waals surface area contributed by atoms with Crippen LogP contribution in [0.5, 0.6) is 5.75 Å². The third kappa shape index (κ3) is 5.84. The first-order valence-electron chi connectivity index (χ1n) is 6.92. The highest BCUT2D eigenvalue weighted by Crippen LogP contribution is 2.26. The van der Waals surface area contributed by atoms with Crippen molar-refractivity contribution in [1.29, 1.82) is 0 Å². The second kappa shape index (κ2) is 9.75. The summed E-state index contributed by atoms with van der Waals surface area (Å²) in [6.07, 6.45) is 0. The van der Waals surface area contributed by atoms with E-state index in [-0.39, 0.29) is 24.8 Å². The Morgan fingerprint density at radius 1 is 1.19 bits per heavy atom. The van der Waals surface area contributed by atoms with Gasteiger partial charge in [-0.3, -0.25) is 4.90 Å². The molecule has 1 atom stereocenters. The molecule has 0 aromatic heterocycles. The summed E-state index contributed by atoms with van der Waals surface area (Å²) in [6.45, 7) is 11.3. The molecule has 3 nitrogen and oxygen atoms in total. The smallest absolute Gasteiger partial charge is 0.120 e. The maximum Gasteiger partial charge on any atom is 0.120 e. The Kier molecular flexibility index (Phi) is 9.66. The molecule has 6 heteroatoms. The van der Waals surface area contributed by atoms with Crippen molar-refractivity contribution in [3.63, 3.8) is 0 Å². The first-order valence-corrected chi connectivity index (χ1v) is 7.30. The molecule has 0 spiro atoms. The van der Waals surface area contributed by atoms with Gasteiger partial charge in [0.1, 0.15) is 12.4 Å². The third-order valence-electron chi connectivity index (χ3n) is 3.68. The normalized spacial score (nSPS) is 16.6. The van der Waals surface area contributed by atoms with Crippen LogP contribution < -0.4 is 10.1 Å². The van der Waals surface area contributed by atoms with Gasteiger partial charge < -0.3 is 10.1 Å². The summed E-state index contributed by atoms with van der Waals surface area (Å²) in [6, 6.07) is 4.47. The van der Waals surface area contributed by atoms with Crippen LogP contribution in [0.2, 0.25) is 5.02 Å². The standard InChI is InChI=1S/C15H23ClN2O.2ClH/c1-11-8-14(9-12(2)15(11)16)19-10-13(3)18-6-4-17-5-7-18;;/h8-9,13,17H,4-7,10H2,1-3H3;2*1H. The van der Waals surface area contributed by atoms with Crippen LogP contribution in [0.1, 0.15) is 18.1 Å². The zero-order valence-electron chi connectivity index (χ0n) is 12.8. The van der Waals surface area contributed by atoms with Gasteiger partial charge in [-0.2, -0.15) is 0 Å². The van der Waals surface area contributed by atoms with Gasteiger partial charge in [0, 0.05) is 37.2 Å². The summed E-state index contributed by atoms with van der Waals surface area (Å²) in [5.41, 5.74) is 2.15. The molecular formula is C15H25Cl3N2O. The summed E-state index contributed by atoms with van der Waals surface area (Å²) >= 11 is 6.16. The lowest BCUT2D eigenvalue weighted by atomic mass is 10.1. The molecule has 1 fully saturated rings. The van der Waals surface area contributed by atoms with Crippen LogP contribution >= 0.6 is 36.4 Å². The van der Waals surface area contributed by atoms with Crippen LogP contribution in [0.15, 0.2) is 12.1 Å². The molecule has 122 valence electrons. The highest BCUT2D eigenvalue weighted by Gasteiger charge is 2.16. The fraction of sp³-hybridized carbons (Fsp3) is 0.600. The average Bonchev–Trinajstić information content (AvgIpc) is 2.43. The molecule has 1 aliphatic rings. The molecule has 0 radical (unpaired) electrons. The van der Waals surface area contributed by atoms with Gasteiger partial charge in [-0.25, -0.2) is 0 Å². The predicted molar refractivity (Wildman–Crippen MR) is 94.8 cm³/mol. The van der Waals surface area contributed by atoms with E-state index in [9.17, 15) is 0 Å². The molecule has 1 aromatic carbocycles. The number of benzene rings is 1. The SMILES string of the molecule is Cc1cc(OCC(C)N2CCNCC2)cc(C)c1Cl.Cl.Cl. The molecule has 1 heterocycles. The van der Waals surface area contributed by atoms with Crippen LogP contribution in [-0.2, 0) is 0 Å². The van der Waals surface area contributed by atoms with Crippen molar-refractivity contribution in [2.45, 2.75) is 26.8 Å². The molecule has 0 saturated carbocycles. The minimum Gasteiger partial charge on any atom is -0.492 e. The van der Waals surface area contributed by atoms with Gasteiger partial charge >= 0.3 is 0 Å². The Bertz CT molecular complexity index is 414. The molecule has 1 aliphatic heterocycles. The molecular weight excluding hydrogens is 331 g/mol. The number of nitrogens with one attached hydrogen (secondary N) is 1. The number of nitrogens with zero attached hydrogens (tertiary/aromatic N) is 1. The Morgan fingerprint density at radius 2 is 1.71 bits per heavy atom. The second-order valence-corrected chi connectivity index (χ2v) is 5.70. The van der Waals surface area contributed by atoms with Crippen LogP contribution in [0.25, 0.3) is 0 Å². The summed E-state index contributed by atoms with van der Waals surface area (Å²) in [4.78, 5) is 2.46. The minimum absolute atomic E-state index is 0. The minimum atomic E-state index is 0. The van der Waals surface area contributed by atoms with Crippen molar-refractivity contribution < 1.29 is 4.74 Å². The van der Waals surface area contributed by atoms with Gasteiger partial charge in [-0.05, 0) is 44.0 Å². The zero-order valence-corrected chi connectivity index (χ0v) is 15.2. The lowest BCUT2D eigenvalue weighted by molar-refractivity contribution is 0.132. The van der Waals surface area contributed by atoms with Crippen molar-refractivity contribution in [1.82, 2.24) is 10.2 Å². The fourth-order valence-electron chi connectivity index (χ4n) is 2.43. The van der Waals surface area contributed by atoms with Crippen molar-refractivity contribution in [3.8, 4) is 5.75 Å². The van der Waals surface area contributed by atoms with Crippen molar-refractivity contribution in [2.75, 3.05) is 32.8 Å². The number of hydrogen-bond donors (Lipinski definition) is 1. The highest BCUT2D eigenvalue weighted by molar-refractivity contribution is 6.32. The van der Waals surface area contributed by atoms with E-state index in [2.05, 4.69) is 17.1 Å². The molecule has 0 amide bonds. The molecule has 0 bridgehead atoms. The summed E-state index contributed by atoms with van der Waals surface area (Å²) in [7, 11) is 0. The first-order chi connectivity index (χ1) is 9.08. The second-order valence-electron chi connectivity index (χ2n) is 5.32. The molecule has 2 rings (SSSR count). The lowest BCUT2D eigenvalue weighted by Gasteiger charge is -2.32. The van der Waals surface area contributed by atoms with Gasteiger partial charge in [-0.15, -0.1) is 24.8 Å². The van der Waals surface area contributed by atoms with E-state index >= 15 is 0 Å². The molecule has 1 aromatic rings. The van der Waals surface area contributed by atoms with Gasteiger partial charge in [-0.1, -0.05) is 11.6 Å². The van der Waals surface area contributed by atoms with Gasteiger partial charge in [0.05, 0.1) is 0 Å². The van der Waals surface area contributed by atoms with E-state index < -0.39 is 0 Å². The topological polar surface area (TPSA) is 24.5 Å². The van der Waals surface area contributed by atoms with E-state index in [1.165, 1.54) is 0 Å². The molecule has 1 unspecified atom stereocenters. The number of halogens is 3. The van der Waals surface area contributed by atoms with Gasteiger partial charge in [0.15, 0.2) is 0 Å². The van der Waals surface area contributed by atoms with Gasteiger partial charge in [0.2, 0.25) is 0 Å². The quantitative estimate of drug-likeness (QED) is 0.895. The summed E-state index contributed by atoms with van der Waals surface area (Å²) < 4.78 is 5.92. The monoisotopic (exact) mass is 354 g/mol. The largest absolute Gasteiger partial charge is 0.492 e. The van der Waals surface area contributed by atoms with E-state index in [0.717, 1.165) is 54.7 Å². The first kappa shape index (κ1) is 20.8. The van der Waals surface area contributed by atoms with Crippen molar-refractivity contribution in [3.05, 3.63) is 28.3 Å². The predicted octanol–water partition coefficient (Wildman–Crippen LogP) is 3.47. The number of piperazine rings is 1. The number of ether oxygens (including phenoxy) is 1. The average molecular weight is 356 g/mol. The Morgan fingerprint density at radius 3 is 2.24 bits per heavy atom. The summed E-state index contributed by atoms with van der Waals surface area (Å²) in [5, 5.41) is 4.20. The van der Waals surface area contributed by atoms with Gasteiger partial charge in [0.25, 0.3) is 0 Å². The number of rotatable bonds is 4. The molecule has 0 aliphatic carbocycles. The lowest BCUT2D eigenvalue weighted by Crippen LogP contribution is -2.49. The van der Waals surface area contributed by atoms with E-state index in [4.69, 9.17) is 16.3 Å². The van der Waals surface area contributed by atoms with E-state index in [1.807, 2.05) is 26.0 Å². The van der Waals surface area contributed by atoms with Crippen LogP contribution in [0.3, 0.4) is 0 Å². The number of hydrogen-bond acceptors (Lipinski definition) is 3. The highest BCUT2D eigenvalue weighted by atomic mass is 35.5. The van der Waals surface area contributed by atoms with Crippen LogP contribution in [0.4, 0.5) is 0 Å². The van der Waals surface area contributed by atoms with Crippen molar-refractivity contribution >= 4 is 36.4 Å². The maximum absolute atomic E-state index is 6.16. The van der Waals surface area contributed by atoms with Crippen LogP contribution in [0, 0.1) is 13.8 Å². The molecule has 21 heavy (non-hydrogen) atoms. The molecule has 1 N–H and O–H groups in total. The van der Waals surface area contributed by atoms with E-state index in [1.54, 1.807) is 0 Å². The van der Waals surface area contributed by atoms with E-state index in [0.29, 0.717) is 6.04 Å². The number of aryl methyl sites for hydroxylation is 2. The zero-order chi connectivity index (χ0) is 13.8. The Hall–Kier alpha value is -0.190. The third-order valence-corrected chi connectivity index (χ3v) is 4.27.